The lowest BCUT2D eigenvalue weighted by Gasteiger charge is -2.11. The molecule has 4 heteroatoms. The Morgan fingerprint density at radius 3 is 2.18 bits per heavy atom. The minimum Gasteiger partial charge on any atom is -0.378 e. The third-order valence-electron chi connectivity index (χ3n) is 1.29. The summed E-state index contributed by atoms with van der Waals surface area (Å²) < 4.78 is 0. The average molecular weight is 174 g/mol. The number of hydrogen-bond donors (Lipinski definition) is 1. The van der Waals surface area contributed by atoms with Crippen LogP contribution < -0.4 is 16.2 Å². The molecular weight excluding hydrogens is 166 g/mol. The Hall–Kier alpha value is -0.830. The molecule has 3 nitrogen and oxygen atoms in total. The molecule has 0 fully saturated rings. The van der Waals surface area contributed by atoms with E-state index in [4.69, 9.17) is 11.6 Å². The van der Waals surface area contributed by atoms with Crippen molar-refractivity contribution in [3.8, 4) is 0 Å². The minimum absolute atomic E-state index is 0.0312. The molecule has 0 aliphatic carbocycles. The molecule has 60 valence electrons. The zero-order valence-electron chi connectivity index (χ0n) is 6.27. The number of anilines is 1. The van der Waals surface area contributed by atoms with Crippen LogP contribution in [0, 0.1) is 0 Å². The first-order chi connectivity index (χ1) is 5.04. The van der Waals surface area contributed by atoms with E-state index in [-0.39, 0.29) is 16.8 Å². The number of halogens is 1. The van der Waals surface area contributed by atoms with Gasteiger partial charge in [0.1, 0.15) is 10.7 Å². The Balaban J connectivity index is 2.91. The van der Waals surface area contributed by atoms with Crippen LogP contribution in [0.5, 0.6) is 0 Å². The quantitative estimate of drug-likeness (QED) is 0.672. The predicted octanol–water partition coefficient (Wildman–Crippen LogP) is 0.756. The van der Waals surface area contributed by atoms with Crippen molar-refractivity contribution in [1.82, 2.24) is 0 Å². The van der Waals surface area contributed by atoms with E-state index in [9.17, 15) is 9.59 Å². The Kier molecular flexibility index (Phi) is 2.00. The summed E-state index contributed by atoms with van der Waals surface area (Å²) in [6, 6.07) is 0.121. The smallest absolute Gasteiger partial charge is 0.252 e. The van der Waals surface area contributed by atoms with E-state index < -0.39 is 10.9 Å². The van der Waals surface area contributed by atoms with Gasteiger partial charge in [0.05, 0.1) is 0 Å². The highest BCUT2D eigenvalue weighted by Crippen LogP contribution is 2.14. The fourth-order valence-electron chi connectivity index (χ4n) is 0.781. The van der Waals surface area contributed by atoms with Gasteiger partial charge in [0, 0.05) is 6.04 Å². The normalized spacial score (nSPS) is 10.9. The summed E-state index contributed by atoms with van der Waals surface area (Å²) in [5, 5.41) is 2.82. The van der Waals surface area contributed by atoms with E-state index in [1.807, 2.05) is 13.8 Å². The summed E-state index contributed by atoms with van der Waals surface area (Å²) in [4.78, 5) is 21.3. The molecule has 0 aliphatic rings. The van der Waals surface area contributed by atoms with Gasteiger partial charge in [0.25, 0.3) is 5.43 Å². The second-order valence-electron chi connectivity index (χ2n) is 2.65. The molecule has 0 aromatic heterocycles. The molecule has 0 radical (unpaired) electrons. The van der Waals surface area contributed by atoms with E-state index in [1.165, 1.54) is 0 Å². The van der Waals surface area contributed by atoms with Gasteiger partial charge < -0.3 is 5.32 Å². The Morgan fingerprint density at radius 2 is 1.82 bits per heavy atom. The zero-order chi connectivity index (χ0) is 8.59. The van der Waals surface area contributed by atoms with E-state index >= 15 is 0 Å². The summed E-state index contributed by atoms with van der Waals surface area (Å²) in [5.41, 5.74) is -0.842. The lowest BCUT2D eigenvalue weighted by molar-refractivity contribution is 0.894. The van der Waals surface area contributed by atoms with Gasteiger partial charge in [0.2, 0.25) is 5.43 Å². The number of rotatable bonds is 2. The number of hydrogen-bond acceptors (Lipinski definition) is 3. The average Bonchev–Trinajstić information content (AvgIpc) is 1.98. The molecule has 1 aromatic carbocycles. The maximum atomic E-state index is 10.8. The van der Waals surface area contributed by atoms with Crippen LogP contribution in [0.25, 0.3) is 0 Å². The summed E-state index contributed by atoms with van der Waals surface area (Å²) in [5.74, 6) is 0. The maximum absolute atomic E-state index is 10.8. The van der Waals surface area contributed by atoms with E-state index in [0.717, 1.165) is 0 Å². The third kappa shape index (κ3) is 1.28. The molecule has 0 atom stereocenters. The standard InChI is InChI=1S/C7H8ClNO2/c1-3(2)9-5-4(8)6(10)7(5)11/h3,9H,1-2H3. The second-order valence-corrected chi connectivity index (χ2v) is 3.02. The van der Waals surface area contributed by atoms with Gasteiger partial charge in [0.15, 0.2) is 0 Å². The Bertz CT molecular complexity index is 336. The number of nitrogens with one attached hydrogen (secondary N) is 1. The van der Waals surface area contributed by atoms with Crippen LogP contribution >= 0.6 is 11.6 Å². The van der Waals surface area contributed by atoms with Crippen molar-refractivity contribution in [1.29, 1.82) is 0 Å². The zero-order valence-corrected chi connectivity index (χ0v) is 7.03. The molecule has 0 amide bonds. The van der Waals surface area contributed by atoms with Crippen LogP contribution in [0.4, 0.5) is 5.69 Å². The van der Waals surface area contributed by atoms with E-state index in [1.54, 1.807) is 0 Å². The Labute approximate surface area is 68.7 Å². The monoisotopic (exact) mass is 173 g/mol. The molecule has 0 bridgehead atoms. The van der Waals surface area contributed by atoms with Crippen molar-refractivity contribution in [3.63, 3.8) is 0 Å². The molecule has 0 unspecified atom stereocenters. The van der Waals surface area contributed by atoms with Crippen molar-refractivity contribution in [3.05, 3.63) is 25.5 Å². The van der Waals surface area contributed by atoms with Gasteiger partial charge in [-0.1, -0.05) is 11.6 Å². The summed E-state index contributed by atoms with van der Waals surface area (Å²) >= 11 is 5.45. The predicted molar refractivity (Wildman–Crippen MR) is 45.1 cm³/mol. The van der Waals surface area contributed by atoms with Gasteiger partial charge in [-0.2, -0.15) is 0 Å². The van der Waals surface area contributed by atoms with Crippen LogP contribution in [-0.4, -0.2) is 6.04 Å². The summed E-state index contributed by atoms with van der Waals surface area (Å²) in [6.45, 7) is 3.74. The molecule has 11 heavy (non-hydrogen) atoms. The maximum Gasteiger partial charge on any atom is 0.252 e. The molecule has 1 rings (SSSR count). The first-order valence-electron chi connectivity index (χ1n) is 3.29. The SMILES string of the molecule is CC(C)Nc1c(Cl)c(=O)c1=O. The molecule has 0 saturated heterocycles. The fourth-order valence-corrected chi connectivity index (χ4v) is 1.01. The molecule has 0 aliphatic heterocycles. The van der Waals surface area contributed by atoms with Gasteiger partial charge in [-0.15, -0.1) is 0 Å². The topological polar surface area (TPSA) is 46.2 Å². The van der Waals surface area contributed by atoms with Crippen LogP contribution in [0.15, 0.2) is 9.59 Å². The van der Waals surface area contributed by atoms with E-state index in [0.29, 0.717) is 0 Å². The van der Waals surface area contributed by atoms with Crippen molar-refractivity contribution in [2.24, 2.45) is 0 Å². The van der Waals surface area contributed by atoms with Crippen molar-refractivity contribution in [2.45, 2.75) is 19.9 Å². The largest absolute Gasteiger partial charge is 0.378 e. The first-order valence-corrected chi connectivity index (χ1v) is 3.67. The van der Waals surface area contributed by atoms with Crippen LogP contribution in [0.3, 0.4) is 0 Å². The highest BCUT2D eigenvalue weighted by Gasteiger charge is 2.18. The third-order valence-corrected chi connectivity index (χ3v) is 1.65. The van der Waals surface area contributed by atoms with Crippen molar-refractivity contribution < 1.29 is 0 Å². The van der Waals surface area contributed by atoms with Crippen molar-refractivity contribution >= 4 is 17.3 Å². The van der Waals surface area contributed by atoms with E-state index in [2.05, 4.69) is 5.32 Å². The lowest BCUT2D eigenvalue weighted by Crippen LogP contribution is -2.36. The van der Waals surface area contributed by atoms with Gasteiger partial charge >= 0.3 is 0 Å². The van der Waals surface area contributed by atoms with Crippen LogP contribution in [-0.2, 0) is 0 Å². The fraction of sp³-hybridized carbons (Fsp3) is 0.429. The van der Waals surface area contributed by atoms with Gasteiger partial charge in [-0.05, 0) is 13.8 Å². The van der Waals surface area contributed by atoms with Gasteiger partial charge in [-0.3, -0.25) is 9.59 Å². The Morgan fingerprint density at radius 1 is 1.27 bits per heavy atom. The molecule has 0 saturated carbocycles. The second kappa shape index (κ2) is 2.66. The highest BCUT2D eigenvalue weighted by molar-refractivity contribution is 6.34. The first kappa shape index (κ1) is 8.27. The lowest BCUT2D eigenvalue weighted by atomic mass is 10.2. The summed E-state index contributed by atoms with van der Waals surface area (Å²) in [7, 11) is 0. The van der Waals surface area contributed by atoms with Crippen LogP contribution in [0.2, 0.25) is 5.02 Å². The van der Waals surface area contributed by atoms with Crippen molar-refractivity contribution in [2.75, 3.05) is 5.32 Å². The summed E-state index contributed by atoms with van der Waals surface area (Å²) in [6.07, 6.45) is 0. The molecule has 1 aromatic rings. The molecule has 1 N–H and O–H groups in total. The van der Waals surface area contributed by atoms with Gasteiger partial charge in [-0.25, -0.2) is 0 Å². The minimum atomic E-state index is -0.588. The molecule has 0 spiro atoms. The molecular formula is C7H8ClNO2. The molecule has 0 heterocycles. The van der Waals surface area contributed by atoms with Crippen LogP contribution in [0.1, 0.15) is 13.8 Å². The highest BCUT2D eigenvalue weighted by atomic mass is 35.5.